The molecule has 1 fully saturated rings. The van der Waals surface area contributed by atoms with Crippen molar-refractivity contribution >= 4 is 29.7 Å². The van der Waals surface area contributed by atoms with E-state index in [1.807, 2.05) is 4.90 Å². The first kappa shape index (κ1) is 25.4. The van der Waals surface area contributed by atoms with Crippen LogP contribution in [0.5, 0.6) is 0 Å². The van der Waals surface area contributed by atoms with E-state index < -0.39 is 29.3 Å². The molecule has 12 heteroatoms. The molecule has 0 aromatic rings. The highest BCUT2D eigenvalue weighted by molar-refractivity contribution is 6.12. The molecule has 178 valence electrons. The molecule has 2 rings (SSSR count). The molecule has 0 saturated carbocycles. The molecule has 2 aliphatic rings. The third kappa shape index (κ3) is 7.11. The van der Waals surface area contributed by atoms with Crippen LogP contribution in [0.1, 0.15) is 13.8 Å². The van der Waals surface area contributed by atoms with Gasteiger partial charge in [-0.1, -0.05) is 0 Å². The molecule has 0 unspecified atom stereocenters. The Morgan fingerprint density at radius 3 is 1.75 bits per heavy atom. The van der Waals surface area contributed by atoms with Gasteiger partial charge in [0.1, 0.15) is 0 Å². The second-order valence-electron chi connectivity index (χ2n) is 8.30. The van der Waals surface area contributed by atoms with E-state index in [0.29, 0.717) is 39.3 Å². The summed E-state index contributed by atoms with van der Waals surface area (Å²) in [6.45, 7) is 5.76. The van der Waals surface area contributed by atoms with Crippen LogP contribution in [0.15, 0.2) is 12.2 Å². The number of imide groups is 1. The molecule has 3 amide bonds. The standard InChI is InChI=1S/C20H31N5O7/c1-20(2,19(32)21-5-6-25-15(26)3-4-16(25)27)24-11-9-22(13-17(28)29)7-8-23(10-12-24)14-18(30)31/h3-4H,5-14H2,1-2H3,(H,21,32)(H,28,29)(H,30,31). The molecule has 1 saturated heterocycles. The second-order valence-corrected chi connectivity index (χ2v) is 8.30. The van der Waals surface area contributed by atoms with Crippen molar-refractivity contribution in [3.8, 4) is 0 Å². The number of carboxylic acids is 2. The monoisotopic (exact) mass is 453 g/mol. The lowest BCUT2D eigenvalue weighted by Gasteiger charge is -2.38. The van der Waals surface area contributed by atoms with E-state index in [9.17, 15) is 24.0 Å². The highest BCUT2D eigenvalue weighted by Crippen LogP contribution is 2.16. The summed E-state index contributed by atoms with van der Waals surface area (Å²) in [7, 11) is 0. The molecular formula is C20H31N5O7. The number of carbonyl (C=O) groups excluding carboxylic acids is 3. The maximum Gasteiger partial charge on any atom is 0.317 e. The Balaban J connectivity index is 2.02. The lowest BCUT2D eigenvalue weighted by atomic mass is 10.0. The first-order valence-electron chi connectivity index (χ1n) is 10.5. The summed E-state index contributed by atoms with van der Waals surface area (Å²) in [6, 6.07) is 0. The topological polar surface area (TPSA) is 151 Å². The van der Waals surface area contributed by atoms with E-state index in [1.165, 1.54) is 12.2 Å². The molecular weight excluding hydrogens is 422 g/mol. The summed E-state index contributed by atoms with van der Waals surface area (Å²) in [6.07, 6.45) is 2.37. The van der Waals surface area contributed by atoms with Gasteiger partial charge in [0.25, 0.3) is 11.8 Å². The molecule has 3 N–H and O–H groups in total. The molecule has 0 aromatic carbocycles. The summed E-state index contributed by atoms with van der Waals surface area (Å²) >= 11 is 0. The van der Waals surface area contributed by atoms with Gasteiger partial charge in [-0.15, -0.1) is 0 Å². The Kier molecular flexibility index (Phi) is 8.87. The van der Waals surface area contributed by atoms with Crippen LogP contribution in [0.3, 0.4) is 0 Å². The first-order valence-corrected chi connectivity index (χ1v) is 10.5. The maximum absolute atomic E-state index is 12.9. The van der Waals surface area contributed by atoms with Crippen molar-refractivity contribution in [2.24, 2.45) is 0 Å². The smallest absolute Gasteiger partial charge is 0.317 e. The van der Waals surface area contributed by atoms with Crippen molar-refractivity contribution in [1.82, 2.24) is 24.9 Å². The molecule has 0 aliphatic carbocycles. The Labute approximate surface area is 186 Å². The quantitative estimate of drug-likeness (QED) is 0.331. The van der Waals surface area contributed by atoms with Crippen molar-refractivity contribution < 1.29 is 34.2 Å². The van der Waals surface area contributed by atoms with Gasteiger partial charge in [-0.2, -0.15) is 0 Å². The minimum Gasteiger partial charge on any atom is -0.480 e. The zero-order valence-corrected chi connectivity index (χ0v) is 18.5. The zero-order valence-electron chi connectivity index (χ0n) is 18.5. The number of nitrogens with one attached hydrogen (secondary N) is 1. The van der Waals surface area contributed by atoms with Crippen LogP contribution >= 0.6 is 0 Å². The van der Waals surface area contributed by atoms with E-state index in [-0.39, 0.29) is 32.1 Å². The zero-order chi connectivity index (χ0) is 23.9. The fourth-order valence-electron chi connectivity index (χ4n) is 3.69. The predicted molar refractivity (Wildman–Crippen MR) is 113 cm³/mol. The van der Waals surface area contributed by atoms with Crippen LogP contribution in [0.2, 0.25) is 0 Å². The average Bonchev–Trinajstić information content (AvgIpc) is 3.05. The van der Waals surface area contributed by atoms with Gasteiger partial charge in [0, 0.05) is 64.5 Å². The predicted octanol–water partition coefficient (Wildman–Crippen LogP) is -2.10. The van der Waals surface area contributed by atoms with E-state index in [4.69, 9.17) is 10.2 Å². The summed E-state index contributed by atoms with van der Waals surface area (Å²) in [5.74, 6) is -3.09. The average molecular weight is 453 g/mol. The highest BCUT2D eigenvalue weighted by Gasteiger charge is 2.35. The van der Waals surface area contributed by atoms with Gasteiger partial charge >= 0.3 is 11.9 Å². The number of hydrogen-bond donors (Lipinski definition) is 3. The molecule has 2 heterocycles. The SMILES string of the molecule is CC(C)(C(=O)NCCN1C(=O)C=CC1=O)N1CCN(CC(=O)O)CCN(CC(=O)O)CC1. The van der Waals surface area contributed by atoms with Crippen LogP contribution in [-0.4, -0.2) is 130 Å². The number of amides is 3. The molecule has 0 atom stereocenters. The number of aliphatic carboxylic acids is 2. The van der Waals surface area contributed by atoms with Crippen LogP contribution in [-0.2, 0) is 24.0 Å². The van der Waals surface area contributed by atoms with E-state index in [2.05, 4.69) is 5.32 Å². The number of nitrogens with zero attached hydrogens (tertiary/aromatic N) is 4. The first-order chi connectivity index (χ1) is 15.0. The molecule has 12 nitrogen and oxygen atoms in total. The van der Waals surface area contributed by atoms with E-state index in [0.717, 1.165) is 4.90 Å². The fourth-order valence-corrected chi connectivity index (χ4v) is 3.69. The van der Waals surface area contributed by atoms with Crippen molar-refractivity contribution in [3.05, 3.63) is 12.2 Å². The Hall–Kier alpha value is -2.83. The van der Waals surface area contributed by atoms with Gasteiger partial charge in [-0.05, 0) is 13.8 Å². The van der Waals surface area contributed by atoms with Crippen molar-refractivity contribution in [2.45, 2.75) is 19.4 Å². The van der Waals surface area contributed by atoms with Crippen molar-refractivity contribution in [2.75, 3.05) is 65.4 Å². The van der Waals surface area contributed by atoms with E-state index >= 15 is 0 Å². The van der Waals surface area contributed by atoms with Gasteiger partial charge in [0.15, 0.2) is 0 Å². The Bertz CT molecular complexity index is 736. The molecule has 32 heavy (non-hydrogen) atoms. The maximum atomic E-state index is 12.9. The van der Waals surface area contributed by atoms with Crippen LogP contribution < -0.4 is 5.32 Å². The Morgan fingerprint density at radius 1 is 0.875 bits per heavy atom. The number of carboxylic acid groups (broad SMARTS) is 2. The fraction of sp³-hybridized carbons (Fsp3) is 0.650. The largest absolute Gasteiger partial charge is 0.480 e. The molecule has 0 aromatic heterocycles. The van der Waals surface area contributed by atoms with Crippen molar-refractivity contribution in [3.63, 3.8) is 0 Å². The van der Waals surface area contributed by atoms with Gasteiger partial charge < -0.3 is 15.5 Å². The molecule has 0 spiro atoms. The number of rotatable bonds is 9. The lowest BCUT2D eigenvalue weighted by molar-refractivity contribution is -0.140. The third-order valence-electron chi connectivity index (χ3n) is 5.69. The van der Waals surface area contributed by atoms with Crippen LogP contribution in [0.25, 0.3) is 0 Å². The lowest BCUT2D eigenvalue weighted by Crippen LogP contribution is -2.58. The second kappa shape index (κ2) is 11.2. The van der Waals surface area contributed by atoms with Crippen LogP contribution in [0.4, 0.5) is 0 Å². The minimum atomic E-state index is -0.981. The molecule has 2 aliphatic heterocycles. The summed E-state index contributed by atoms with van der Waals surface area (Å²) in [5, 5.41) is 21.1. The summed E-state index contributed by atoms with van der Waals surface area (Å²) < 4.78 is 0. The van der Waals surface area contributed by atoms with Crippen LogP contribution in [0, 0.1) is 0 Å². The summed E-state index contributed by atoms with van der Waals surface area (Å²) in [4.78, 5) is 64.9. The van der Waals surface area contributed by atoms with Gasteiger partial charge in [0.05, 0.1) is 18.6 Å². The van der Waals surface area contributed by atoms with Gasteiger partial charge in [0.2, 0.25) is 5.91 Å². The third-order valence-corrected chi connectivity index (χ3v) is 5.69. The summed E-state index contributed by atoms with van der Waals surface area (Å²) in [5.41, 5.74) is -0.981. The normalized spacial score (nSPS) is 19.5. The minimum absolute atomic E-state index is 0.0608. The Morgan fingerprint density at radius 2 is 1.31 bits per heavy atom. The highest BCUT2D eigenvalue weighted by atomic mass is 16.4. The molecule has 0 bridgehead atoms. The van der Waals surface area contributed by atoms with Crippen molar-refractivity contribution in [1.29, 1.82) is 0 Å². The number of carbonyl (C=O) groups is 5. The number of hydrogen-bond acceptors (Lipinski definition) is 8. The van der Waals surface area contributed by atoms with Gasteiger partial charge in [-0.3, -0.25) is 43.6 Å². The van der Waals surface area contributed by atoms with E-state index in [1.54, 1.807) is 23.6 Å². The van der Waals surface area contributed by atoms with Gasteiger partial charge in [-0.25, -0.2) is 0 Å². The molecule has 0 radical (unpaired) electrons.